The van der Waals surface area contributed by atoms with Gasteiger partial charge in [0.25, 0.3) is 5.91 Å². The van der Waals surface area contributed by atoms with Gasteiger partial charge in [0.15, 0.2) is 6.04 Å². The predicted molar refractivity (Wildman–Crippen MR) is 157 cm³/mol. The van der Waals surface area contributed by atoms with Gasteiger partial charge in [-0.05, 0) is 59.9 Å². The molecule has 0 aliphatic carbocycles. The van der Waals surface area contributed by atoms with E-state index in [1.807, 2.05) is 50.2 Å². The van der Waals surface area contributed by atoms with Gasteiger partial charge in [-0.25, -0.2) is 9.18 Å². The number of nitrogens with one attached hydrogen (secondary N) is 1. The minimum Gasteiger partial charge on any atom is -0.480 e. The third-order valence-corrected chi connectivity index (χ3v) is 7.11. The molecule has 8 heteroatoms. The van der Waals surface area contributed by atoms with E-state index in [1.165, 1.54) is 28.8 Å². The van der Waals surface area contributed by atoms with Gasteiger partial charge in [-0.15, -0.1) is 0 Å². The van der Waals surface area contributed by atoms with Gasteiger partial charge in [0.1, 0.15) is 5.82 Å². The molecule has 0 saturated carbocycles. The molecule has 4 N–H and O–H groups in total. The molecule has 0 fully saturated rings. The molecule has 214 valence electrons. The number of hydrogen-bond acceptors (Lipinski definition) is 4. The van der Waals surface area contributed by atoms with Crippen LogP contribution in [-0.2, 0) is 4.79 Å². The number of aliphatic carboxylic acids is 1. The summed E-state index contributed by atoms with van der Waals surface area (Å²) in [6, 6.07) is 22.1. The second-order valence-electron chi connectivity index (χ2n) is 10.3. The molecule has 0 aliphatic rings. The first kappa shape index (κ1) is 29.7. The Labute approximate surface area is 238 Å². The molecule has 3 aromatic carbocycles. The first-order chi connectivity index (χ1) is 19.6. The number of aliphatic hydroxyl groups is 2. The van der Waals surface area contributed by atoms with E-state index in [0.717, 1.165) is 0 Å². The molecule has 41 heavy (non-hydrogen) atoms. The zero-order valence-electron chi connectivity index (χ0n) is 23.3. The highest BCUT2D eigenvalue weighted by Crippen LogP contribution is 2.45. The average Bonchev–Trinajstić information content (AvgIpc) is 3.30. The van der Waals surface area contributed by atoms with Crippen molar-refractivity contribution < 1.29 is 29.3 Å². The summed E-state index contributed by atoms with van der Waals surface area (Å²) in [7, 11) is 0. The number of benzene rings is 3. The van der Waals surface area contributed by atoms with Crippen molar-refractivity contribution in [1.82, 2.24) is 4.57 Å². The van der Waals surface area contributed by atoms with Crippen molar-refractivity contribution in [3.05, 3.63) is 102 Å². The Morgan fingerprint density at radius 1 is 0.878 bits per heavy atom. The Morgan fingerprint density at radius 3 is 2.00 bits per heavy atom. The topological polar surface area (TPSA) is 112 Å². The van der Waals surface area contributed by atoms with Crippen molar-refractivity contribution >= 4 is 17.6 Å². The van der Waals surface area contributed by atoms with Crippen molar-refractivity contribution in [3.8, 4) is 22.4 Å². The Hall–Kier alpha value is -4.27. The van der Waals surface area contributed by atoms with Crippen LogP contribution in [0.3, 0.4) is 0 Å². The Morgan fingerprint density at radius 2 is 1.46 bits per heavy atom. The fourth-order valence-electron chi connectivity index (χ4n) is 5.21. The molecule has 3 atom stereocenters. The van der Waals surface area contributed by atoms with Gasteiger partial charge in [0, 0.05) is 23.4 Å². The number of aliphatic hydroxyl groups excluding tert-OH is 2. The molecular weight excluding hydrogens is 523 g/mol. The van der Waals surface area contributed by atoms with E-state index in [2.05, 4.69) is 5.32 Å². The summed E-state index contributed by atoms with van der Waals surface area (Å²) in [6.07, 6.45) is -2.26. The lowest BCUT2D eigenvalue weighted by Crippen LogP contribution is -2.35. The number of carboxylic acid groups (broad SMARTS) is 1. The normalized spacial score (nSPS) is 13.5. The molecule has 4 rings (SSSR count). The molecule has 3 unspecified atom stereocenters. The van der Waals surface area contributed by atoms with E-state index >= 15 is 0 Å². The number of aromatic nitrogens is 1. The average molecular weight is 559 g/mol. The lowest BCUT2D eigenvalue weighted by molar-refractivity contribution is -0.145. The third-order valence-electron chi connectivity index (χ3n) is 7.11. The minimum atomic E-state index is -1.55. The molecule has 4 aromatic rings. The largest absolute Gasteiger partial charge is 0.480 e. The van der Waals surface area contributed by atoms with Gasteiger partial charge in [0.05, 0.1) is 23.5 Å². The SMILES string of the molecule is CCC(O)CC(O)C(C(=O)O)n1c(-c2ccc(F)cc2)c(-c2ccccc2)c(C(=O)Nc2ccccc2)c1C(C)C. The van der Waals surface area contributed by atoms with E-state index in [-0.39, 0.29) is 17.9 Å². The maximum atomic E-state index is 14.1. The third kappa shape index (κ3) is 6.39. The van der Waals surface area contributed by atoms with Crippen molar-refractivity contribution in [2.45, 2.75) is 57.8 Å². The van der Waals surface area contributed by atoms with E-state index in [4.69, 9.17) is 0 Å². The molecule has 1 amide bonds. The van der Waals surface area contributed by atoms with Crippen molar-refractivity contribution in [2.24, 2.45) is 0 Å². The first-order valence-corrected chi connectivity index (χ1v) is 13.7. The fourth-order valence-corrected chi connectivity index (χ4v) is 5.21. The highest BCUT2D eigenvalue weighted by Gasteiger charge is 2.39. The van der Waals surface area contributed by atoms with Crippen LogP contribution in [-0.4, -0.2) is 44.0 Å². The maximum Gasteiger partial charge on any atom is 0.329 e. The fraction of sp³-hybridized carbons (Fsp3) is 0.273. The zero-order chi connectivity index (χ0) is 29.7. The van der Waals surface area contributed by atoms with Crippen LogP contribution in [0.5, 0.6) is 0 Å². The van der Waals surface area contributed by atoms with Gasteiger partial charge in [-0.3, -0.25) is 4.79 Å². The van der Waals surface area contributed by atoms with Crippen molar-refractivity contribution in [3.63, 3.8) is 0 Å². The van der Waals surface area contributed by atoms with Gasteiger partial charge in [-0.1, -0.05) is 69.3 Å². The smallest absolute Gasteiger partial charge is 0.329 e. The van der Waals surface area contributed by atoms with Crippen LogP contribution >= 0.6 is 0 Å². The Bertz CT molecular complexity index is 1480. The molecule has 1 heterocycles. The van der Waals surface area contributed by atoms with Crippen LogP contribution in [0, 0.1) is 5.82 Å². The number of anilines is 1. The lowest BCUT2D eigenvalue weighted by Gasteiger charge is -2.28. The molecule has 0 saturated heterocycles. The highest BCUT2D eigenvalue weighted by atomic mass is 19.1. The number of hydrogen-bond donors (Lipinski definition) is 4. The summed E-state index contributed by atoms with van der Waals surface area (Å²) in [5.74, 6) is -2.61. The van der Waals surface area contributed by atoms with E-state index in [9.17, 15) is 29.3 Å². The number of carbonyl (C=O) groups excluding carboxylic acids is 1. The number of carbonyl (C=O) groups is 2. The van der Waals surface area contributed by atoms with Gasteiger partial charge in [-0.2, -0.15) is 0 Å². The van der Waals surface area contributed by atoms with Gasteiger partial charge in [0.2, 0.25) is 0 Å². The van der Waals surface area contributed by atoms with E-state index in [0.29, 0.717) is 40.2 Å². The van der Waals surface area contributed by atoms with E-state index < -0.39 is 35.9 Å². The maximum absolute atomic E-state index is 14.1. The van der Waals surface area contributed by atoms with Crippen molar-refractivity contribution in [2.75, 3.05) is 5.32 Å². The number of amides is 1. The number of halogens is 1. The molecule has 0 radical (unpaired) electrons. The summed E-state index contributed by atoms with van der Waals surface area (Å²) in [5, 5.41) is 35.1. The summed E-state index contributed by atoms with van der Waals surface area (Å²) in [5.41, 5.74) is 3.15. The highest BCUT2D eigenvalue weighted by molar-refractivity contribution is 6.12. The molecule has 0 spiro atoms. The van der Waals surface area contributed by atoms with Crippen LogP contribution in [0.1, 0.15) is 61.6 Å². The monoisotopic (exact) mass is 558 g/mol. The first-order valence-electron chi connectivity index (χ1n) is 13.7. The molecular formula is C33H35FN2O5. The number of carboxylic acids is 1. The minimum absolute atomic E-state index is 0.182. The molecule has 1 aromatic heterocycles. The number of rotatable bonds is 11. The van der Waals surface area contributed by atoms with Gasteiger partial charge >= 0.3 is 5.97 Å². The quantitative estimate of drug-likeness (QED) is 0.168. The number of nitrogens with zero attached hydrogens (tertiary/aromatic N) is 1. The summed E-state index contributed by atoms with van der Waals surface area (Å²) in [4.78, 5) is 27.1. The summed E-state index contributed by atoms with van der Waals surface area (Å²) >= 11 is 0. The molecule has 0 bridgehead atoms. The lowest BCUT2D eigenvalue weighted by atomic mass is 9.94. The van der Waals surface area contributed by atoms with Crippen LogP contribution in [0.4, 0.5) is 10.1 Å². The van der Waals surface area contributed by atoms with E-state index in [1.54, 1.807) is 31.2 Å². The predicted octanol–water partition coefficient (Wildman–Crippen LogP) is 6.48. The second-order valence-corrected chi connectivity index (χ2v) is 10.3. The summed E-state index contributed by atoms with van der Waals surface area (Å²) < 4.78 is 15.6. The van der Waals surface area contributed by atoms with Crippen molar-refractivity contribution in [1.29, 1.82) is 0 Å². The molecule has 7 nitrogen and oxygen atoms in total. The van der Waals surface area contributed by atoms with Crippen LogP contribution in [0.25, 0.3) is 22.4 Å². The van der Waals surface area contributed by atoms with Crippen LogP contribution in [0.15, 0.2) is 84.9 Å². The Kier molecular flexibility index (Phi) is 9.37. The Balaban J connectivity index is 2.12. The van der Waals surface area contributed by atoms with Crippen LogP contribution in [0.2, 0.25) is 0 Å². The number of para-hydroxylation sites is 1. The van der Waals surface area contributed by atoms with Crippen LogP contribution < -0.4 is 5.32 Å². The standard InChI is InChI=1S/C33H35FN2O5/c1-4-25(37)19-26(38)31(33(40)41)36-29(20(2)3)28(32(39)35-24-13-9-6-10-14-24)27(21-11-7-5-8-12-21)30(36)22-15-17-23(34)18-16-22/h5-18,20,25-26,31,37-38H,4,19H2,1-3H3,(H,35,39)(H,40,41). The molecule has 0 aliphatic heterocycles. The zero-order valence-corrected chi connectivity index (χ0v) is 23.3. The summed E-state index contributed by atoms with van der Waals surface area (Å²) in [6.45, 7) is 5.44. The van der Waals surface area contributed by atoms with Gasteiger partial charge < -0.3 is 25.2 Å². The second kappa shape index (κ2) is 12.9.